The molecule has 0 unspecified atom stereocenters. The van der Waals surface area contributed by atoms with Gasteiger partial charge in [0.25, 0.3) is 0 Å². The lowest BCUT2D eigenvalue weighted by atomic mass is 10.3. The highest BCUT2D eigenvalue weighted by molar-refractivity contribution is 7.71. The van der Waals surface area contributed by atoms with Gasteiger partial charge in [-0.1, -0.05) is 24.4 Å². The van der Waals surface area contributed by atoms with E-state index in [4.69, 9.17) is 16.6 Å². The smallest absolute Gasteiger partial charge is 0.309 e. The molecule has 0 spiro atoms. The predicted octanol–water partition coefficient (Wildman–Crippen LogP) is 2.70. The average molecular weight is 256 g/mol. The molecule has 0 saturated heterocycles. The van der Waals surface area contributed by atoms with E-state index in [2.05, 4.69) is 10.1 Å². The van der Waals surface area contributed by atoms with E-state index >= 15 is 0 Å². The van der Waals surface area contributed by atoms with Crippen LogP contribution in [0.3, 0.4) is 0 Å². The molecule has 0 atom stereocenters. The van der Waals surface area contributed by atoms with Crippen LogP contribution in [0.1, 0.15) is 0 Å². The van der Waals surface area contributed by atoms with Gasteiger partial charge in [-0.15, -0.1) is 0 Å². The number of benzene rings is 1. The van der Waals surface area contributed by atoms with Crippen molar-refractivity contribution in [3.05, 3.63) is 35.1 Å². The van der Waals surface area contributed by atoms with Gasteiger partial charge in [0.1, 0.15) is 4.64 Å². The molecule has 0 aliphatic heterocycles. The predicted molar refractivity (Wildman–Crippen MR) is 70.1 cm³/mol. The molecule has 0 bridgehead atoms. The quantitative estimate of drug-likeness (QED) is 0.454. The van der Waals surface area contributed by atoms with Crippen molar-refractivity contribution in [2.24, 2.45) is 7.05 Å². The first-order valence-corrected chi connectivity index (χ1v) is 5.88. The minimum Gasteiger partial charge on any atom is -0.423 e. The second-order valence-corrected chi connectivity index (χ2v) is 4.50. The zero-order valence-corrected chi connectivity index (χ0v) is 10.3. The Labute approximate surface area is 106 Å². The van der Waals surface area contributed by atoms with E-state index in [0.717, 1.165) is 22.1 Å². The van der Waals surface area contributed by atoms with Gasteiger partial charge >= 0.3 is 5.84 Å². The van der Waals surface area contributed by atoms with E-state index < -0.39 is 0 Å². The summed E-state index contributed by atoms with van der Waals surface area (Å²) in [7, 11) is 1.84. The number of nitrogens with zero attached hydrogens (tertiary/aromatic N) is 4. The molecule has 4 rings (SSSR count). The molecule has 18 heavy (non-hydrogen) atoms. The normalized spacial score (nSPS) is 11.8. The van der Waals surface area contributed by atoms with Crippen LogP contribution >= 0.6 is 12.2 Å². The zero-order valence-electron chi connectivity index (χ0n) is 9.49. The fraction of sp³-hybridized carbons (Fsp3) is 0.0833. The number of hydrogen-bond acceptors (Lipinski definition) is 4. The van der Waals surface area contributed by atoms with Crippen LogP contribution in [0, 0.1) is 4.64 Å². The second-order valence-electron chi connectivity index (χ2n) is 4.11. The summed E-state index contributed by atoms with van der Waals surface area (Å²) in [4.78, 5) is 4.47. The van der Waals surface area contributed by atoms with Gasteiger partial charge in [0.15, 0.2) is 11.2 Å². The summed E-state index contributed by atoms with van der Waals surface area (Å²) in [6.45, 7) is 0. The molecule has 5 nitrogen and oxygen atoms in total. The van der Waals surface area contributed by atoms with Gasteiger partial charge in [0.05, 0.1) is 17.1 Å². The van der Waals surface area contributed by atoms with E-state index in [9.17, 15) is 0 Å². The monoisotopic (exact) mass is 256 g/mol. The van der Waals surface area contributed by atoms with Gasteiger partial charge in [-0.05, 0) is 12.1 Å². The van der Waals surface area contributed by atoms with Crippen molar-refractivity contribution in [2.75, 3.05) is 0 Å². The minimum absolute atomic E-state index is 0.498. The lowest BCUT2D eigenvalue weighted by molar-refractivity contribution is 0.635. The molecule has 88 valence electrons. The van der Waals surface area contributed by atoms with Crippen molar-refractivity contribution in [1.82, 2.24) is 19.2 Å². The van der Waals surface area contributed by atoms with Crippen LogP contribution in [0.4, 0.5) is 0 Å². The molecule has 0 aliphatic rings. The minimum atomic E-state index is 0.498. The van der Waals surface area contributed by atoms with Crippen LogP contribution in [-0.4, -0.2) is 19.2 Å². The second kappa shape index (κ2) is 3.17. The van der Waals surface area contributed by atoms with E-state index in [1.165, 1.54) is 0 Å². The highest BCUT2D eigenvalue weighted by Crippen LogP contribution is 2.23. The highest BCUT2D eigenvalue weighted by atomic mass is 32.1. The number of para-hydroxylation sites is 2. The number of aryl methyl sites for hydroxylation is 1. The topological polar surface area (TPSA) is 48.3 Å². The summed E-state index contributed by atoms with van der Waals surface area (Å²) in [5.41, 5.74) is 2.44. The molecular weight excluding hydrogens is 248 g/mol. The molecule has 3 aromatic heterocycles. The van der Waals surface area contributed by atoms with Crippen molar-refractivity contribution in [3.8, 4) is 0 Å². The maximum atomic E-state index is 5.71. The molecule has 0 amide bonds. The average Bonchev–Trinajstić information content (AvgIpc) is 2.92. The van der Waals surface area contributed by atoms with E-state index in [1.54, 1.807) is 10.9 Å². The molecule has 6 heteroatoms. The maximum absolute atomic E-state index is 5.71. The van der Waals surface area contributed by atoms with Crippen molar-refractivity contribution in [2.45, 2.75) is 0 Å². The standard InChI is InChI=1S/C12H8N4OS/c1-15-10-7(6-13-15)11(18)16-8-4-2-3-5-9(8)17-12(16)14-10/h2-6H,1H3. The fourth-order valence-electron chi connectivity index (χ4n) is 2.17. The van der Waals surface area contributed by atoms with Crippen molar-refractivity contribution in [3.63, 3.8) is 0 Å². The van der Waals surface area contributed by atoms with Crippen LogP contribution in [0.25, 0.3) is 28.0 Å². The van der Waals surface area contributed by atoms with Gasteiger partial charge in [-0.25, -0.2) is 4.40 Å². The molecule has 4 aromatic rings. The van der Waals surface area contributed by atoms with Crippen molar-refractivity contribution >= 4 is 40.2 Å². The molecule has 3 heterocycles. The number of hydrogen-bond donors (Lipinski definition) is 0. The van der Waals surface area contributed by atoms with Crippen LogP contribution in [-0.2, 0) is 7.05 Å². The van der Waals surface area contributed by atoms with Crippen LogP contribution in [0.2, 0.25) is 0 Å². The number of fused-ring (bicyclic) bond motifs is 4. The van der Waals surface area contributed by atoms with Crippen molar-refractivity contribution in [1.29, 1.82) is 0 Å². The van der Waals surface area contributed by atoms with Crippen molar-refractivity contribution < 1.29 is 4.42 Å². The SMILES string of the molecule is Cn1ncc2c(=S)n3c(nc21)oc1ccccc13. The molecule has 0 fully saturated rings. The number of aromatic nitrogens is 4. The third-order valence-electron chi connectivity index (χ3n) is 3.04. The molecule has 0 aliphatic carbocycles. The Balaban J connectivity index is 2.39. The summed E-state index contributed by atoms with van der Waals surface area (Å²) in [5, 5.41) is 5.03. The first kappa shape index (κ1) is 9.78. The van der Waals surface area contributed by atoms with Crippen LogP contribution in [0.5, 0.6) is 0 Å². The van der Waals surface area contributed by atoms with E-state index in [0.29, 0.717) is 10.5 Å². The molecule has 0 saturated carbocycles. The third-order valence-corrected chi connectivity index (χ3v) is 3.44. The van der Waals surface area contributed by atoms with Crippen LogP contribution < -0.4 is 0 Å². The van der Waals surface area contributed by atoms with Gasteiger partial charge in [0, 0.05) is 7.05 Å². The Hall–Kier alpha value is -2.21. The molecule has 1 aromatic carbocycles. The molecule has 0 radical (unpaired) electrons. The Kier molecular flexibility index (Phi) is 1.72. The van der Waals surface area contributed by atoms with E-state index in [-0.39, 0.29) is 0 Å². The maximum Gasteiger partial charge on any atom is 0.309 e. The Morgan fingerprint density at radius 2 is 2.11 bits per heavy atom. The summed E-state index contributed by atoms with van der Waals surface area (Å²) < 4.78 is 9.92. The summed E-state index contributed by atoms with van der Waals surface area (Å²) in [6, 6.07) is 7.75. The summed E-state index contributed by atoms with van der Waals surface area (Å²) >= 11 is 5.50. The zero-order chi connectivity index (χ0) is 12.3. The van der Waals surface area contributed by atoms with Gasteiger partial charge in [-0.3, -0.25) is 4.68 Å². The van der Waals surface area contributed by atoms with E-state index in [1.807, 2.05) is 35.7 Å². The Bertz CT molecular complexity index is 963. The largest absolute Gasteiger partial charge is 0.423 e. The number of rotatable bonds is 0. The lowest BCUT2D eigenvalue weighted by Crippen LogP contribution is -1.95. The molecule has 0 N–H and O–H groups in total. The van der Waals surface area contributed by atoms with Gasteiger partial charge < -0.3 is 4.42 Å². The summed E-state index contributed by atoms with van der Waals surface area (Å²) in [5.74, 6) is 0.498. The van der Waals surface area contributed by atoms with Gasteiger partial charge in [-0.2, -0.15) is 10.1 Å². The van der Waals surface area contributed by atoms with Gasteiger partial charge in [0.2, 0.25) is 0 Å². The Morgan fingerprint density at radius 3 is 3.00 bits per heavy atom. The fourth-order valence-corrected chi connectivity index (χ4v) is 2.49. The third kappa shape index (κ3) is 1.08. The molecular formula is C12H8N4OS. The first-order valence-electron chi connectivity index (χ1n) is 5.48. The Morgan fingerprint density at radius 1 is 1.28 bits per heavy atom. The number of oxazole rings is 1. The van der Waals surface area contributed by atoms with Crippen LogP contribution in [0.15, 0.2) is 34.9 Å². The first-order chi connectivity index (χ1) is 8.75. The summed E-state index contributed by atoms with van der Waals surface area (Å²) in [6.07, 6.45) is 1.74. The lowest BCUT2D eigenvalue weighted by Gasteiger charge is -1.96. The highest BCUT2D eigenvalue weighted by Gasteiger charge is 2.12.